The lowest BCUT2D eigenvalue weighted by molar-refractivity contribution is -0.129. The minimum atomic E-state index is -1.38. The third-order valence-electron chi connectivity index (χ3n) is 9.18. The summed E-state index contributed by atoms with van der Waals surface area (Å²) in [6.07, 6.45) is 8.84. The number of hydrogen-bond donors (Lipinski definition) is 1. The molecule has 0 aromatic rings. The highest BCUT2D eigenvalue weighted by Gasteiger charge is 2.65. The zero-order valence-corrected chi connectivity index (χ0v) is 15.4. The van der Waals surface area contributed by atoms with E-state index < -0.39 is 11.8 Å². The molecule has 9 atom stereocenters. The standard InChI is InChI=1S/C21H35FO/c1-13-7-9-19(2)14(11-13)5-6-15-16(19)8-10-20(3)17(15)12-21(4,22)18(20)23/h13-18,23H,5-12H2,1-4H3/t13-,14-,15+,16-,17-,18-,19-,20-,21+/m0/s1. The maximum Gasteiger partial charge on any atom is 0.134 e. The molecular formula is C21H35FO. The molecule has 132 valence electrons. The molecule has 0 aromatic carbocycles. The Labute approximate surface area is 141 Å². The Bertz CT molecular complexity index is 488. The lowest BCUT2D eigenvalue weighted by atomic mass is 9.44. The van der Waals surface area contributed by atoms with Crippen LogP contribution in [0.15, 0.2) is 0 Å². The Hall–Kier alpha value is -0.110. The van der Waals surface area contributed by atoms with Gasteiger partial charge in [-0.2, -0.15) is 0 Å². The van der Waals surface area contributed by atoms with Crippen molar-refractivity contribution in [3.8, 4) is 0 Å². The summed E-state index contributed by atoms with van der Waals surface area (Å²) in [5, 5.41) is 10.7. The maximum absolute atomic E-state index is 14.9. The van der Waals surface area contributed by atoms with Gasteiger partial charge >= 0.3 is 0 Å². The lowest BCUT2D eigenvalue weighted by Gasteiger charge is -2.60. The van der Waals surface area contributed by atoms with Crippen LogP contribution >= 0.6 is 0 Å². The first-order valence-electron chi connectivity index (χ1n) is 10.1. The van der Waals surface area contributed by atoms with Crippen molar-refractivity contribution in [2.75, 3.05) is 0 Å². The molecule has 23 heavy (non-hydrogen) atoms. The number of alkyl halides is 1. The molecule has 0 heterocycles. The first-order valence-corrected chi connectivity index (χ1v) is 10.1. The number of rotatable bonds is 0. The summed E-state index contributed by atoms with van der Waals surface area (Å²) in [6, 6.07) is 0. The van der Waals surface area contributed by atoms with E-state index >= 15 is 0 Å². The number of halogens is 1. The molecule has 4 fully saturated rings. The number of aliphatic hydroxyl groups excluding tert-OH is 1. The van der Waals surface area contributed by atoms with Crippen LogP contribution in [0.1, 0.15) is 79.1 Å². The van der Waals surface area contributed by atoms with Crippen LogP contribution in [0, 0.1) is 40.4 Å². The summed E-state index contributed by atoms with van der Waals surface area (Å²) in [5.74, 6) is 3.59. The third kappa shape index (κ3) is 2.12. The van der Waals surface area contributed by atoms with Gasteiger partial charge in [0.25, 0.3) is 0 Å². The molecule has 2 heteroatoms. The first-order chi connectivity index (χ1) is 10.7. The van der Waals surface area contributed by atoms with Gasteiger partial charge in [-0.1, -0.05) is 27.2 Å². The minimum Gasteiger partial charge on any atom is -0.389 e. The molecule has 0 aromatic heterocycles. The summed E-state index contributed by atoms with van der Waals surface area (Å²) < 4.78 is 14.9. The maximum atomic E-state index is 14.9. The quantitative estimate of drug-likeness (QED) is 0.636. The average Bonchev–Trinajstić information content (AvgIpc) is 2.68. The molecule has 4 aliphatic rings. The second-order valence-electron chi connectivity index (χ2n) is 10.5. The van der Waals surface area contributed by atoms with Gasteiger partial charge in [0.15, 0.2) is 0 Å². The van der Waals surface area contributed by atoms with Gasteiger partial charge in [0.1, 0.15) is 5.67 Å². The van der Waals surface area contributed by atoms with E-state index in [9.17, 15) is 9.50 Å². The van der Waals surface area contributed by atoms with Gasteiger partial charge in [-0.3, -0.25) is 0 Å². The second kappa shape index (κ2) is 4.96. The van der Waals surface area contributed by atoms with Crippen molar-refractivity contribution >= 4 is 0 Å². The Morgan fingerprint density at radius 3 is 2.35 bits per heavy atom. The molecule has 4 saturated carbocycles. The molecule has 0 bridgehead atoms. The zero-order valence-electron chi connectivity index (χ0n) is 15.4. The van der Waals surface area contributed by atoms with Gasteiger partial charge in [-0.05, 0) is 92.3 Å². The number of aliphatic hydroxyl groups is 1. The molecular weight excluding hydrogens is 287 g/mol. The largest absolute Gasteiger partial charge is 0.389 e. The van der Waals surface area contributed by atoms with Gasteiger partial charge in [0.2, 0.25) is 0 Å². The molecule has 1 nitrogen and oxygen atoms in total. The van der Waals surface area contributed by atoms with E-state index in [1.807, 2.05) is 0 Å². The fraction of sp³-hybridized carbons (Fsp3) is 1.00. The molecule has 0 spiro atoms. The van der Waals surface area contributed by atoms with E-state index in [0.717, 1.165) is 24.2 Å². The second-order valence-corrected chi connectivity index (χ2v) is 10.5. The molecule has 0 amide bonds. The van der Waals surface area contributed by atoms with Gasteiger partial charge in [-0.15, -0.1) is 0 Å². The van der Waals surface area contributed by atoms with Crippen molar-refractivity contribution in [2.24, 2.45) is 40.4 Å². The first kappa shape index (κ1) is 16.4. The Kier molecular flexibility index (Phi) is 3.53. The average molecular weight is 323 g/mol. The van der Waals surface area contributed by atoms with Crippen LogP contribution in [0.5, 0.6) is 0 Å². The molecule has 0 saturated heterocycles. The summed E-state index contributed by atoms with van der Waals surface area (Å²) in [6.45, 7) is 8.81. The van der Waals surface area contributed by atoms with Crippen molar-refractivity contribution in [3.05, 3.63) is 0 Å². The molecule has 4 rings (SSSR count). The number of hydrogen-bond acceptors (Lipinski definition) is 1. The van der Waals surface area contributed by atoms with E-state index in [1.54, 1.807) is 6.92 Å². The SMILES string of the molecule is C[C@H]1CC[C@@]2(C)[C@@H](CC[C@@H]3[C@@H]2CC[C@@]2(C)[C@H]3C[C@@](C)(F)[C@H]2O)C1. The van der Waals surface area contributed by atoms with Crippen molar-refractivity contribution in [1.29, 1.82) is 0 Å². The van der Waals surface area contributed by atoms with Crippen LogP contribution < -0.4 is 0 Å². The Morgan fingerprint density at radius 2 is 1.61 bits per heavy atom. The molecule has 0 aliphatic heterocycles. The van der Waals surface area contributed by atoms with Gasteiger partial charge in [-0.25, -0.2) is 4.39 Å². The minimum absolute atomic E-state index is 0.185. The highest BCUT2D eigenvalue weighted by atomic mass is 19.1. The highest BCUT2D eigenvalue weighted by Crippen LogP contribution is 2.68. The lowest BCUT2D eigenvalue weighted by Crippen LogP contribution is -2.54. The van der Waals surface area contributed by atoms with Crippen LogP contribution in [0.4, 0.5) is 4.39 Å². The molecule has 0 radical (unpaired) electrons. The van der Waals surface area contributed by atoms with Gasteiger partial charge < -0.3 is 5.11 Å². The van der Waals surface area contributed by atoms with Crippen LogP contribution in [0.3, 0.4) is 0 Å². The topological polar surface area (TPSA) is 20.2 Å². The van der Waals surface area contributed by atoms with Crippen LogP contribution in [0.2, 0.25) is 0 Å². The third-order valence-corrected chi connectivity index (χ3v) is 9.18. The smallest absolute Gasteiger partial charge is 0.134 e. The monoisotopic (exact) mass is 322 g/mol. The van der Waals surface area contributed by atoms with E-state index in [4.69, 9.17) is 0 Å². The molecule has 4 aliphatic carbocycles. The van der Waals surface area contributed by atoms with Gasteiger partial charge in [0, 0.05) is 0 Å². The summed E-state index contributed by atoms with van der Waals surface area (Å²) >= 11 is 0. The fourth-order valence-electron chi connectivity index (χ4n) is 7.77. The predicted molar refractivity (Wildman–Crippen MR) is 91.8 cm³/mol. The molecule has 1 N–H and O–H groups in total. The summed E-state index contributed by atoms with van der Waals surface area (Å²) in [4.78, 5) is 0. The van der Waals surface area contributed by atoms with Crippen molar-refractivity contribution in [1.82, 2.24) is 0 Å². The summed E-state index contributed by atoms with van der Waals surface area (Å²) in [7, 11) is 0. The molecule has 0 unspecified atom stereocenters. The van der Waals surface area contributed by atoms with Crippen LogP contribution in [-0.2, 0) is 0 Å². The zero-order chi connectivity index (χ0) is 16.6. The van der Waals surface area contributed by atoms with E-state index in [-0.39, 0.29) is 5.41 Å². The van der Waals surface area contributed by atoms with E-state index in [0.29, 0.717) is 23.7 Å². The predicted octanol–water partition coefficient (Wildman–Crippen LogP) is 5.36. The van der Waals surface area contributed by atoms with Crippen molar-refractivity contribution in [2.45, 2.75) is 90.8 Å². The summed E-state index contributed by atoms with van der Waals surface area (Å²) in [5.41, 5.74) is -1.08. The van der Waals surface area contributed by atoms with Crippen LogP contribution in [0.25, 0.3) is 0 Å². The fourth-order valence-corrected chi connectivity index (χ4v) is 7.77. The van der Waals surface area contributed by atoms with Crippen molar-refractivity contribution in [3.63, 3.8) is 0 Å². The van der Waals surface area contributed by atoms with Crippen LogP contribution in [-0.4, -0.2) is 16.9 Å². The van der Waals surface area contributed by atoms with Crippen molar-refractivity contribution < 1.29 is 9.50 Å². The van der Waals surface area contributed by atoms with E-state index in [2.05, 4.69) is 20.8 Å². The van der Waals surface area contributed by atoms with Gasteiger partial charge in [0.05, 0.1) is 6.10 Å². The Morgan fingerprint density at radius 1 is 0.913 bits per heavy atom. The Balaban J connectivity index is 1.65. The number of fused-ring (bicyclic) bond motifs is 5. The van der Waals surface area contributed by atoms with E-state index in [1.165, 1.54) is 38.5 Å². The highest BCUT2D eigenvalue weighted by molar-refractivity contribution is 5.14. The normalized spacial score (nSPS) is 62.3.